The average molecular weight is 172 g/mol. The first-order chi connectivity index (χ1) is 6.38. The van der Waals surface area contributed by atoms with Gasteiger partial charge >= 0.3 is 0 Å². The summed E-state index contributed by atoms with van der Waals surface area (Å²) in [6.07, 6.45) is 6.40. The van der Waals surface area contributed by atoms with Crippen molar-refractivity contribution in [1.82, 2.24) is 4.98 Å². The number of pyridine rings is 1. The van der Waals surface area contributed by atoms with Crippen molar-refractivity contribution in [2.24, 2.45) is 0 Å². The van der Waals surface area contributed by atoms with Crippen molar-refractivity contribution in [3.63, 3.8) is 0 Å². The van der Waals surface area contributed by atoms with E-state index < -0.39 is 0 Å². The fraction of sp³-hybridized carbons (Fsp3) is 0.273. The minimum absolute atomic E-state index is 0.114. The first kappa shape index (κ1) is 9.47. The van der Waals surface area contributed by atoms with Crippen LogP contribution < -0.4 is 0 Å². The standard InChI is InChI=1S/C11H12N2/c1-2-3-6-10(9-12)11-7-4-5-8-13-11/h2-5,7-8,10H,6H2,1H3/b3-2+. The van der Waals surface area contributed by atoms with Crippen molar-refractivity contribution < 1.29 is 0 Å². The average Bonchev–Trinajstić information content (AvgIpc) is 2.21. The molecule has 0 fully saturated rings. The number of allylic oxidation sites excluding steroid dienone is 2. The van der Waals surface area contributed by atoms with E-state index in [4.69, 9.17) is 5.26 Å². The molecule has 0 amide bonds. The van der Waals surface area contributed by atoms with Crippen LogP contribution >= 0.6 is 0 Å². The highest BCUT2D eigenvalue weighted by Gasteiger charge is 2.08. The Morgan fingerprint density at radius 2 is 2.46 bits per heavy atom. The number of hydrogen-bond donors (Lipinski definition) is 0. The van der Waals surface area contributed by atoms with E-state index in [0.717, 1.165) is 12.1 Å². The Bertz CT molecular complexity index is 309. The van der Waals surface area contributed by atoms with Gasteiger partial charge in [0.2, 0.25) is 0 Å². The molecular weight excluding hydrogens is 160 g/mol. The maximum absolute atomic E-state index is 8.88. The summed E-state index contributed by atoms with van der Waals surface area (Å²) in [7, 11) is 0. The minimum Gasteiger partial charge on any atom is -0.260 e. The molecule has 1 unspecified atom stereocenters. The monoisotopic (exact) mass is 172 g/mol. The van der Waals surface area contributed by atoms with Gasteiger partial charge < -0.3 is 0 Å². The van der Waals surface area contributed by atoms with Gasteiger partial charge in [0.1, 0.15) is 0 Å². The molecule has 0 spiro atoms. The quantitative estimate of drug-likeness (QED) is 0.657. The van der Waals surface area contributed by atoms with Crippen molar-refractivity contribution in [1.29, 1.82) is 5.26 Å². The zero-order valence-electron chi connectivity index (χ0n) is 7.64. The molecule has 0 N–H and O–H groups in total. The van der Waals surface area contributed by atoms with Gasteiger partial charge in [-0.3, -0.25) is 4.98 Å². The number of nitriles is 1. The highest BCUT2D eigenvalue weighted by atomic mass is 14.7. The van der Waals surface area contributed by atoms with E-state index in [2.05, 4.69) is 11.1 Å². The van der Waals surface area contributed by atoms with Crippen molar-refractivity contribution in [3.05, 3.63) is 42.2 Å². The molecule has 1 aromatic rings. The molecule has 1 rings (SSSR count). The van der Waals surface area contributed by atoms with Crippen LogP contribution in [0.3, 0.4) is 0 Å². The van der Waals surface area contributed by atoms with E-state index >= 15 is 0 Å². The molecule has 0 aliphatic rings. The summed E-state index contributed by atoms with van der Waals surface area (Å²) in [5, 5.41) is 8.88. The second kappa shape index (κ2) is 5.10. The molecule has 0 saturated heterocycles. The SMILES string of the molecule is C/C=C/CC(C#N)c1ccccn1. The van der Waals surface area contributed by atoms with Crippen LogP contribution in [-0.2, 0) is 0 Å². The van der Waals surface area contributed by atoms with Crippen molar-refractivity contribution in [3.8, 4) is 6.07 Å². The van der Waals surface area contributed by atoms with Gasteiger partial charge in [0.15, 0.2) is 0 Å². The molecule has 0 saturated carbocycles. The third-order valence-corrected chi connectivity index (χ3v) is 1.81. The van der Waals surface area contributed by atoms with Gasteiger partial charge in [-0.2, -0.15) is 5.26 Å². The Morgan fingerprint density at radius 1 is 1.62 bits per heavy atom. The number of nitrogens with zero attached hydrogens (tertiary/aromatic N) is 2. The zero-order chi connectivity index (χ0) is 9.52. The Hall–Kier alpha value is -1.62. The molecule has 0 radical (unpaired) electrons. The van der Waals surface area contributed by atoms with Crippen LogP contribution in [0.1, 0.15) is 25.0 Å². The van der Waals surface area contributed by atoms with Crippen LogP contribution in [0, 0.1) is 11.3 Å². The van der Waals surface area contributed by atoms with Crippen LogP contribution in [0.25, 0.3) is 0 Å². The van der Waals surface area contributed by atoms with Crippen LogP contribution in [0.4, 0.5) is 0 Å². The highest BCUT2D eigenvalue weighted by Crippen LogP contribution is 2.16. The smallest absolute Gasteiger partial charge is 0.0918 e. The summed E-state index contributed by atoms with van der Waals surface area (Å²) in [5.41, 5.74) is 0.850. The molecule has 0 aromatic carbocycles. The van der Waals surface area contributed by atoms with Crippen molar-refractivity contribution in [2.75, 3.05) is 0 Å². The lowest BCUT2D eigenvalue weighted by atomic mass is 10.0. The Labute approximate surface area is 78.5 Å². The topological polar surface area (TPSA) is 36.7 Å². The van der Waals surface area contributed by atoms with Crippen molar-refractivity contribution in [2.45, 2.75) is 19.3 Å². The van der Waals surface area contributed by atoms with E-state index in [9.17, 15) is 0 Å². The van der Waals surface area contributed by atoms with E-state index in [0.29, 0.717) is 0 Å². The molecule has 1 aromatic heterocycles. The minimum atomic E-state index is -0.114. The Morgan fingerprint density at radius 3 is 3.00 bits per heavy atom. The van der Waals surface area contributed by atoms with Crippen molar-refractivity contribution >= 4 is 0 Å². The second-order valence-electron chi connectivity index (χ2n) is 2.74. The molecule has 2 nitrogen and oxygen atoms in total. The van der Waals surface area contributed by atoms with Gasteiger partial charge in [0, 0.05) is 6.20 Å². The summed E-state index contributed by atoms with van der Waals surface area (Å²) in [5.74, 6) is -0.114. The molecule has 0 bridgehead atoms. The first-order valence-electron chi connectivity index (χ1n) is 4.30. The predicted molar refractivity (Wildman–Crippen MR) is 52.0 cm³/mol. The summed E-state index contributed by atoms with van der Waals surface area (Å²) >= 11 is 0. The third-order valence-electron chi connectivity index (χ3n) is 1.81. The highest BCUT2D eigenvalue weighted by molar-refractivity contribution is 5.17. The molecule has 66 valence electrons. The summed E-state index contributed by atoms with van der Waals surface area (Å²) in [6.45, 7) is 1.95. The third kappa shape index (κ3) is 2.72. The zero-order valence-corrected chi connectivity index (χ0v) is 7.64. The number of hydrogen-bond acceptors (Lipinski definition) is 2. The lowest BCUT2D eigenvalue weighted by Gasteiger charge is -2.03. The summed E-state index contributed by atoms with van der Waals surface area (Å²) in [6, 6.07) is 7.89. The Balaban J connectivity index is 2.74. The van der Waals surface area contributed by atoms with E-state index in [1.807, 2.05) is 37.3 Å². The van der Waals surface area contributed by atoms with E-state index in [-0.39, 0.29) is 5.92 Å². The number of rotatable bonds is 3. The van der Waals surface area contributed by atoms with E-state index in [1.165, 1.54) is 0 Å². The van der Waals surface area contributed by atoms with Crippen LogP contribution in [0.2, 0.25) is 0 Å². The molecule has 0 aliphatic heterocycles. The van der Waals surface area contributed by atoms with E-state index in [1.54, 1.807) is 6.20 Å². The van der Waals surface area contributed by atoms with Crippen LogP contribution in [0.15, 0.2) is 36.5 Å². The fourth-order valence-electron chi connectivity index (χ4n) is 1.09. The van der Waals surface area contributed by atoms with Gasteiger partial charge in [-0.1, -0.05) is 18.2 Å². The summed E-state index contributed by atoms with van der Waals surface area (Å²) in [4.78, 5) is 4.15. The summed E-state index contributed by atoms with van der Waals surface area (Å²) < 4.78 is 0. The van der Waals surface area contributed by atoms with Gasteiger partial charge in [-0.05, 0) is 25.5 Å². The van der Waals surface area contributed by atoms with Gasteiger partial charge in [-0.25, -0.2) is 0 Å². The Kier molecular flexibility index (Phi) is 3.72. The number of aromatic nitrogens is 1. The first-order valence-corrected chi connectivity index (χ1v) is 4.30. The fourth-order valence-corrected chi connectivity index (χ4v) is 1.09. The maximum Gasteiger partial charge on any atom is 0.0918 e. The molecule has 2 heteroatoms. The predicted octanol–water partition coefficient (Wildman–Crippen LogP) is 2.65. The lowest BCUT2D eigenvalue weighted by Crippen LogP contribution is -1.96. The maximum atomic E-state index is 8.88. The van der Waals surface area contributed by atoms with Gasteiger partial charge in [-0.15, -0.1) is 0 Å². The van der Waals surface area contributed by atoms with Crippen LogP contribution in [0.5, 0.6) is 0 Å². The van der Waals surface area contributed by atoms with Gasteiger partial charge in [0.05, 0.1) is 17.7 Å². The molecule has 1 heterocycles. The molecule has 1 atom stereocenters. The molecular formula is C11H12N2. The normalized spacial score (nSPS) is 12.6. The van der Waals surface area contributed by atoms with Crippen LogP contribution in [-0.4, -0.2) is 4.98 Å². The molecule has 13 heavy (non-hydrogen) atoms. The second-order valence-corrected chi connectivity index (χ2v) is 2.74. The molecule has 0 aliphatic carbocycles. The lowest BCUT2D eigenvalue weighted by molar-refractivity contribution is 0.836. The van der Waals surface area contributed by atoms with Gasteiger partial charge in [0.25, 0.3) is 0 Å². The largest absolute Gasteiger partial charge is 0.260 e.